The highest BCUT2D eigenvalue weighted by Crippen LogP contribution is 2.15. The first-order valence-corrected chi connectivity index (χ1v) is 9.85. The molecular weight excluding hydrogens is 348 g/mol. The van der Waals surface area contributed by atoms with Gasteiger partial charge in [0.1, 0.15) is 0 Å². The molecule has 0 amide bonds. The molecule has 0 aliphatic carbocycles. The summed E-state index contributed by atoms with van der Waals surface area (Å²) in [5, 5.41) is 0. The maximum absolute atomic E-state index is 5.99. The average molecular weight is 396 g/mol. The normalized spacial score (nSPS) is 11.0. The molecule has 3 heteroatoms. The second-order valence-corrected chi connectivity index (χ2v) is 7.69. The third kappa shape index (κ3) is 27.5. The van der Waals surface area contributed by atoms with Gasteiger partial charge in [-0.1, -0.05) is 103 Å². The summed E-state index contributed by atoms with van der Waals surface area (Å²) in [6.07, 6.45) is 22.7. The lowest BCUT2D eigenvalue weighted by Gasteiger charge is -2.17. The van der Waals surface area contributed by atoms with Gasteiger partial charge in [0.05, 0.1) is 0 Å². The Morgan fingerprint density at radius 2 is 0.826 bits per heavy atom. The fourth-order valence-electron chi connectivity index (χ4n) is 2.95. The molecule has 0 aromatic carbocycles. The van der Waals surface area contributed by atoms with E-state index in [4.69, 9.17) is 5.73 Å². The molecule has 0 rings (SSSR count). The first-order chi connectivity index (χ1) is 10.1. The van der Waals surface area contributed by atoms with Crippen LogP contribution in [0.3, 0.4) is 0 Å². The van der Waals surface area contributed by atoms with E-state index < -0.39 is 0 Å². The molecule has 0 spiro atoms. The summed E-state index contributed by atoms with van der Waals surface area (Å²) in [7, 11) is 0. The Bertz CT molecular complexity index is 202. The van der Waals surface area contributed by atoms with Gasteiger partial charge in [0.25, 0.3) is 0 Å². The van der Waals surface area contributed by atoms with E-state index in [9.17, 15) is 0 Å². The zero-order valence-corrected chi connectivity index (χ0v) is 18.2. The lowest BCUT2D eigenvalue weighted by molar-refractivity contribution is 0.440. The molecule has 0 aliphatic heterocycles. The van der Waals surface area contributed by atoms with Crippen LogP contribution in [0.4, 0.5) is 0 Å². The molecule has 0 radical (unpaired) electrons. The van der Waals surface area contributed by atoms with Gasteiger partial charge in [0.2, 0.25) is 0 Å². The van der Waals surface area contributed by atoms with Crippen LogP contribution in [0, 0.1) is 0 Å². The number of unbranched alkanes of at least 4 members (excludes halogenated alkanes) is 14. The largest absolute Gasteiger partial charge is 0.344 e. The van der Waals surface area contributed by atoms with E-state index in [-0.39, 0.29) is 28.7 Å². The molecule has 2 nitrogen and oxygen atoms in total. The number of rotatable bonds is 16. The van der Waals surface area contributed by atoms with Crippen LogP contribution in [0.15, 0.2) is 0 Å². The van der Waals surface area contributed by atoms with Crippen LogP contribution in [-0.4, -0.2) is 5.54 Å². The summed E-state index contributed by atoms with van der Waals surface area (Å²) >= 11 is 0. The van der Waals surface area contributed by atoms with Crippen molar-refractivity contribution < 1.29 is 0 Å². The van der Waals surface area contributed by atoms with E-state index >= 15 is 0 Å². The monoisotopic (exact) mass is 394 g/mol. The standard InChI is InChI=1S/C20H43N.BrH.H3N/c1-4-5-6-7-8-9-10-11-12-13-14-15-16-17-18-19-20(2,3)21;;/h4-19,21H2,1-3H3;1H;1H3. The Balaban J connectivity index is -0.00000200. The van der Waals surface area contributed by atoms with E-state index in [2.05, 4.69) is 20.8 Å². The third-order valence-electron chi connectivity index (χ3n) is 4.42. The van der Waals surface area contributed by atoms with Crippen molar-refractivity contribution >= 4 is 17.0 Å². The van der Waals surface area contributed by atoms with Crippen molar-refractivity contribution in [1.29, 1.82) is 0 Å². The predicted molar refractivity (Wildman–Crippen MR) is 113 cm³/mol. The molecule has 0 saturated carbocycles. The zero-order valence-electron chi connectivity index (χ0n) is 16.5. The van der Waals surface area contributed by atoms with E-state index in [1.807, 2.05) is 0 Å². The number of halogens is 1. The molecule has 0 fully saturated rings. The smallest absolute Gasteiger partial charge is 0.00970 e. The van der Waals surface area contributed by atoms with Crippen molar-refractivity contribution in [1.82, 2.24) is 6.15 Å². The Morgan fingerprint density at radius 1 is 0.565 bits per heavy atom. The highest BCUT2D eigenvalue weighted by atomic mass is 79.9. The molecular formula is C20H47BrN2. The molecule has 5 N–H and O–H groups in total. The van der Waals surface area contributed by atoms with Gasteiger partial charge >= 0.3 is 0 Å². The minimum atomic E-state index is 0. The Kier molecular flexibility index (Phi) is 25.1. The molecule has 0 atom stereocenters. The van der Waals surface area contributed by atoms with Crippen LogP contribution >= 0.6 is 17.0 Å². The highest BCUT2D eigenvalue weighted by molar-refractivity contribution is 8.93. The molecule has 144 valence electrons. The van der Waals surface area contributed by atoms with Gasteiger partial charge in [-0.05, 0) is 20.3 Å². The van der Waals surface area contributed by atoms with E-state index in [1.54, 1.807) is 0 Å². The third-order valence-corrected chi connectivity index (χ3v) is 4.42. The first-order valence-electron chi connectivity index (χ1n) is 9.85. The Morgan fingerprint density at radius 3 is 1.09 bits per heavy atom. The highest BCUT2D eigenvalue weighted by Gasteiger charge is 2.08. The molecule has 0 aromatic rings. The SMILES string of the molecule is Br.CCCCCCCCCCCCCCCCCC(C)(C)N.N. The van der Waals surface area contributed by atoms with Crippen molar-refractivity contribution in [3.05, 3.63) is 0 Å². The van der Waals surface area contributed by atoms with Gasteiger partial charge in [0, 0.05) is 5.54 Å². The maximum atomic E-state index is 5.99. The summed E-state index contributed by atoms with van der Waals surface area (Å²) in [5.41, 5.74) is 6.03. The van der Waals surface area contributed by atoms with Crippen molar-refractivity contribution in [2.24, 2.45) is 5.73 Å². The second kappa shape index (κ2) is 20.4. The molecule has 0 unspecified atom stereocenters. The molecule has 0 saturated heterocycles. The zero-order chi connectivity index (χ0) is 15.8. The topological polar surface area (TPSA) is 61.0 Å². The summed E-state index contributed by atoms with van der Waals surface area (Å²) in [4.78, 5) is 0. The minimum absolute atomic E-state index is 0. The second-order valence-electron chi connectivity index (χ2n) is 7.69. The molecule has 0 heterocycles. The van der Waals surface area contributed by atoms with Crippen LogP contribution in [0.2, 0.25) is 0 Å². The van der Waals surface area contributed by atoms with Crippen molar-refractivity contribution in [2.45, 2.75) is 129 Å². The van der Waals surface area contributed by atoms with Crippen LogP contribution in [0.5, 0.6) is 0 Å². The van der Waals surface area contributed by atoms with Gasteiger partial charge < -0.3 is 11.9 Å². The minimum Gasteiger partial charge on any atom is -0.344 e. The summed E-state index contributed by atoms with van der Waals surface area (Å²) in [6, 6.07) is 0. The van der Waals surface area contributed by atoms with Crippen LogP contribution in [-0.2, 0) is 0 Å². The number of hydrogen-bond acceptors (Lipinski definition) is 2. The maximum Gasteiger partial charge on any atom is 0.00970 e. The number of hydrogen-bond donors (Lipinski definition) is 2. The summed E-state index contributed by atoms with van der Waals surface area (Å²) in [5.74, 6) is 0. The van der Waals surface area contributed by atoms with Gasteiger partial charge in [-0.3, -0.25) is 0 Å². The quantitative estimate of drug-likeness (QED) is 0.263. The number of nitrogens with two attached hydrogens (primary N) is 1. The van der Waals surface area contributed by atoms with E-state index in [0.717, 1.165) is 0 Å². The molecule has 0 bridgehead atoms. The molecule has 0 aromatic heterocycles. The van der Waals surface area contributed by atoms with Crippen molar-refractivity contribution in [2.75, 3.05) is 0 Å². The molecule has 23 heavy (non-hydrogen) atoms. The molecule has 0 aliphatic rings. The van der Waals surface area contributed by atoms with Gasteiger partial charge in [-0.2, -0.15) is 0 Å². The van der Waals surface area contributed by atoms with Gasteiger partial charge in [-0.15, -0.1) is 17.0 Å². The van der Waals surface area contributed by atoms with Crippen LogP contribution in [0.1, 0.15) is 124 Å². The fraction of sp³-hybridized carbons (Fsp3) is 1.00. The van der Waals surface area contributed by atoms with Crippen LogP contribution < -0.4 is 11.9 Å². The predicted octanol–water partition coefficient (Wildman–Crippen LogP) is 7.73. The van der Waals surface area contributed by atoms with E-state index in [0.29, 0.717) is 0 Å². The average Bonchev–Trinajstić information content (AvgIpc) is 2.42. The van der Waals surface area contributed by atoms with Crippen molar-refractivity contribution in [3.8, 4) is 0 Å². The lowest BCUT2D eigenvalue weighted by atomic mass is 9.97. The lowest BCUT2D eigenvalue weighted by Crippen LogP contribution is -2.31. The van der Waals surface area contributed by atoms with Crippen molar-refractivity contribution in [3.63, 3.8) is 0 Å². The summed E-state index contributed by atoms with van der Waals surface area (Å²) < 4.78 is 0. The first kappa shape index (κ1) is 28.2. The Hall–Kier alpha value is 0.400. The van der Waals surface area contributed by atoms with E-state index in [1.165, 1.54) is 103 Å². The van der Waals surface area contributed by atoms with Gasteiger partial charge in [0.15, 0.2) is 0 Å². The Labute approximate surface area is 158 Å². The van der Waals surface area contributed by atoms with Crippen LogP contribution in [0.25, 0.3) is 0 Å². The van der Waals surface area contributed by atoms with Gasteiger partial charge in [-0.25, -0.2) is 0 Å². The summed E-state index contributed by atoms with van der Waals surface area (Å²) in [6.45, 7) is 6.56. The fourth-order valence-corrected chi connectivity index (χ4v) is 2.95.